The van der Waals surface area contributed by atoms with Crippen LogP contribution in [0.25, 0.3) is 0 Å². The third kappa shape index (κ3) is 4.34. The van der Waals surface area contributed by atoms with Crippen LogP contribution >= 0.6 is 0 Å². The first-order chi connectivity index (χ1) is 16.1. The lowest BCUT2D eigenvalue weighted by molar-refractivity contribution is 0.135. The van der Waals surface area contributed by atoms with Crippen LogP contribution in [0.1, 0.15) is 48.4 Å². The molecule has 0 saturated carbocycles. The van der Waals surface area contributed by atoms with E-state index in [-0.39, 0.29) is 11.6 Å². The number of nitroso groups, excluding NO2 is 1. The number of nitrogens with zero attached hydrogens (tertiary/aromatic N) is 3. The zero-order chi connectivity index (χ0) is 22.8. The first-order valence-corrected chi connectivity index (χ1v) is 11.5. The minimum absolute atomic E-state index is 0.0483. The number of aryl methyl sites for hydroxylation is 1. The van der Waals surface area contributed by atoms with E-state index in [1.54, 1.807) is 10.6 Å². The van der Waals surface area contributed by atoms with Crippen LogP contribution in [-0.4, -0.2) is 21.8 Å². The fourth-order valence-corrected chi connectivity index (χ4v) is 5.21. The van der Waals surface area contributed by atoms with Gasteiger partial charge in [-0.25, -0.2) is 5.01 Å². The molecule has 0 aliphatic carbocycles. The Kier molecular flexibility index (Phi) is 6.07. The summed E-state index contributed by atoms with van der Waals surface area (Å²) in [6.07, 6.45) is 3.28. The number of fused-ring (bicyclic) bond motifs is 1. The van der Waals surface area contributed by atoms with Gasteiger partial charge in [0.1, 0.15) is 6.17 Å². The van der Waals surface area contributed by atoms with Crippen LogP contribution in [0.3, 0.4) is 0 Å². The van der Waals surface area contributed by atoms with Gasteiger partial charge in [0.25, 0.3) is 5.56 Å². The molecule has 5 rings (SSSR count). The number of aromatic nitrogens is 1. The zero-order valence-electron chi connectivity index (χ0n) is 18.4. The summed E-state index contributed by atoms with van der Waals surface area (Å²) < 4.78 is 1.66. The molecule has 0 radical (unpaired) electrons. The van der Waals surface area contributed by atoms with Crippen molar-refractivity contribution in [1.29, 1.82) is 0 Å². The lowest BCUT2D eigenvalue weighted by Gasteiger charge is -2.25. The number of nitrogens with one attached hydrogen (secondary N) is 1. The third-order valence-electron chi connectivity index (χ3n) is 6.88. The number of anilines is 1. The molecule has 0 spiro atoms. The Morgan fingerprint density at radius 1 is 1.00 bits per heavy atom. The van der Waals surface area contributed by atoms with E-state index in [1.165, 1.54) is 11.1 Å². The van der Waals surface area contributed by atoms with Crippen molar-refractivity contribution < 1.29 is 5.11 Å². The SMILES string of the molecule is O=NN(c1ccc(C[C@@H]2CC[C@H](C(O)c3ccccc3)N2)cc1)[C@H]1CCc2cccc(=O)n21. The van der Waals surface area contributed by atoms with Crippen LogP contribution < -0.4 is 15.9 Å². The summed E-state index contributed by atoms with van der Waals surface area (Å²) >= 11 is 0. The molecule has 7 nitrogen and oxygen atoms in total. The standard InChI is InChI=1S/C26H28N4O3/c31-25-8-4-7-21-14-16-24(29(21)25)30(28-33)22-12-9-18(10-13-22)17-20-11-15-23(27-20)26(32)19-5-2-1-3-6-19/h1-10,12-13,20,23-24,26-27,32H,11,14-17H2/t20-,23+,24-,26?/m0/s1. The Labute approximate surface area is 192 Å². The lowest BCUT2D eigenvalue weighted by atomic mass is 10.0. The molecule has 4 atom stereocenters. The van der Waals surface area contributed by atoms with E-state index in [0.29, 0.717) is 18.2 Å². The number of pyridine rings is 1. The highest BCUT2D eigenvalue weighted by atomic mass is 16.3. The van der Waals surface area contributed by atoms with Gasteiger partial charge in [0, 0.05) is 23.8 Å². The quantitative estimate of drug-likeness (QED) is 0.427. The van der Waals surface area contributed by atoms with Crippen LogP contribution in [0.5, 0.6) is 0 Å². The number of hydrogen-bond acceptors (Lipinski definition) is 5. The summed E-state index contributed by atoms with van der Waals surface area (Å²) in [5, 5.41) is 18.9. The Morgan fingerprint density at radius 2 is 1.79 bits per heavy atom. The molecule has 2 N–H and O–H groups in total. The predicted octanol–water partition coefficient (Wildman–Crippen LogP) is 3.88. The summed E-state index contributed by atoms with van der Waals surface area (Å²) in [7, 11) is 0. The molecule has 33 heavy (non-hydrogen) atoms. The minimum Gasteiger partial charge on any atom is -0.387 e. The van der Waals surface area contributed by atoms with Gasteiger partial charge in [-0.3, -0.25) is 9.36 Å². The molecule has 3 aromatic rings. The van der Waals surface area contributed by atoms with Gasteiger partial charge >= 0.3 is 0 Å². The largest absolute Gasteiger partial charge is 0.387 e. The molecule has 170 valence electrons. The van der Waals surface area contributed by atoms with Gasteiger partial charge in [0.05, 0.1) is 17.1 Å². The van der Waals surface area contributed by atoms with Crippen LogP contribution in [0.4, 0.5) is 5.69 Å². The molecule has 2 aliphatic heterocycles. The number of aliphatic hydroxyl groups excluding tert-OH is 1. The Bertz CT molecular complexity index is 1160. The van der Waals surface area contributed by atoms with Gasteiger partial charge in [0.2, 0.25) is 0 Å². The molecule has 1 saturated heterocycles. The van der Waals surface area contributed by atoms with Gasteiger partial charge in [-0.05, 0) is 61.4 Å². The molecule has 2 aromatic carbocycles. The Hall–Kier alpha value is -3.29. The fraction of sp³-hybridized carbons (Fsp3) is 0.346. The maximum Gasteiger partial charge on any atom is 0.252 e. The topological polar surface area (TPSA) is 86.9 Å². The monoisotopic (exact) mass is 444 g/mol. The van der Waals surface area contributed by atoms with Gasteiger partial charge in [-0.15, -0.1) is 4.91 Å². The van der Waals surface area contributed by atoms with Crippen molar-refractivity contribution in [2.45, 2.75) is 56.5 Å². The molecule has 0 amide bonds. The summed E-state index contributed by atoms with van der Waals surface area (Å²) in [4.78, 5) is 24.1. The number of hydrogen-bond donors (Lipinski definition) is 2. The number of benzene rings is 2. The van der Waals surface area contributed by atoms with E-state index >= 15 is 0 Å². The van der Waals surface area contributed by atoms with Crippen molar-refractivity contribution in [1.82, 2.24) is 9.88 Å². The Morgan fingerprint density at radius 3 is 2.55 bits per heavy atom. The molecule has 1 fully saturated rings. The maximum absolute atomic E-state index is 12.4. The summed E-state index contributed by atoms with van der Waals surface area (Å²) in [5.74, 6) is 0. The van der Waals surface area contributed by atoms with Crippen LogP contribution in [0.2, 0.25) is 0 Å². The van der Waals surface area contributed by atoms with Crippen LogP contribution in [-0.2, 0) is 12.8 Å². The Balaban J connectivity index is 1.24. The van der Waals surface area contributed by atoms with Crippen molar-refractivity contribution in [3.05, 3.63) is 105 Å². The molecule has 3 heterocycles. The van der Waals surface area contributed by atoms with Crippen molar-refractivity contribution in [2.75, 3.05) is 5.01 Å². The number of rotatable bonds is 7. The number of aliphatic hydroxyl groups is 1. The highest BCUT2D eigenvalue weighted by Crippen LogP contribution is 2.32. The van der Waals surface area contributed by atoms with Gasteiger partial charge in [-0.1, -0.05) is 48.5 Å². The molecular formula is C26H28N4O3. The first-order valence-electron chi connectivity index (χ1n) is 11.5. The first kappa shape index (κ1) is 21.6. The van der Waals surface area contributed by atoms with E-state index in [4.69, 9.17) is 0 Å². The van der Waals surface area contributed by atoms with E-state index < -0.39 is 12.3 Å². The second kappa shape index (κ2) is 9.29. The average Bonchev–Trinajstić information content (AvgIpc) is 3.49. The van der Waals surface area contributed by atoms with Crippen LogP contribution in [0, 0.1) is 4.91 Å². The third-order valence-corrected chi connectivity index (χ3v) is 6.88. The van der Waals surface area contributed by atoms with E-state index in [9.17, 15) is 14.8 Å². The summed E-state index contributed by atoms with van der Waals surface area (Å²) in [6.45, 7) is 0. The fourth-order valence-electron chi connectivity index (χ4n) is 5.21. The molecule has 2 aliphatic rings. The maximum atomic E-state index is 12.4. The summed E-state index contributed by atoms with van der Waals surface area (Å²) in [6, 6.07) is 23.1. The predicted molar refractivity (Wildman–Crippen MR) is 128 cm³/mol. The van der Waals surface area contributed by atoms with Gasteiger partial charge < -0.3 is 10.4 Å². The second-order valence-electron chi connectivity index (χ2n) is 8.94. The minimum atomic E-state index is -0.511. The van der Waals surface area contributed by atoms with E-state index in [0.717, 1.165) is 42.5 Å². The van der Waals surface area contributed by atoms with Gasteiger partial charge in [0.15, 0.2) is 0 Å². The second-order valence-corrected chi connectivity index (χ2v) is 8.94. The smallest absolute Gasteiger partial charge is 0.252 e. The van der Waals surface area contributed by atoms with Crippen LogP contribution in [0.15, 0.2) is 82.9 Å². The molecule has 1 unspecified atom stereocenters. The highest BCUT2D eigenvalue weighted by molar-refractivity contribution is 5.48. The zero-order valence-corrected chi connectivity index (χ0v) is 18.4. The average molecular weight is 445 g/mol. The van der Waals surface area contributed by atoms with Crippen molar-refractivity contribution in [3.8, 4) is 0 Å². The summed E-state index contributed by atoms with van der Waals surface area (Å²) in [5.41, 5.74) is 3.59. The molecular weight excluding hydrogens is 416 g/mol. The molecule has 1 aromatic heterocycles. The molecule has 0 bridgehead atoms. The van der Waals surface area contributed by atoms with E-state index in [1.807, 2.05) is 60.7 Å². The molecule has 7 heteroatoms. The highest BCUT2D eigenvalue weighted by Gasteiger charge is 2.31. The van der Waals surface area contributed by atoms with Crippen molar-refractivity contribution in [3.63, 3.8) is 0 Å². The van der Waals surface area contributed by atoms with E-state index in [2.05, 4.69) is 10.6 Å². The van der Waals surface area contributed by atoms with Crippen molar-refractivity contribution in [2.24, 2.45) is 5.29 Å². The van der Waals surface area contributed by atoms with Crippen molar-refractivity contribution >= 4 is 5.69 Å². The normalized spacial score (nSPS) is 22.6. The lowest BCUT2D eigenvalue weighted by Crippen LogP contribution is -2.35. The van der Waals surface area contributed by atoms with Gasteiger partial charge in [-0.2, -0.15) is 0 Å².